The first-order valence-corrected chi connectivity index (χ1v) is 7.45. The van der Waals surface area contributed by atoms with Crippen molar-refractivity contribution in [1.82, 2.24) is 4.90 Å². The maximum atomic E-state index is 13.1. The van der Waals surface area contributed by atoms with E-state index < -0.39 is 11.9 Å². The SMILES string of the molecule is C[C@H](Oc1cccc(F)c1)C(=O)N1CCC(CC(N)=O)CC1. The molecule has 0 spiro atoms. The molecule has 2 rings (SSSR count). The summed E-state index contributed by atoms with van der Waals surface area (Å²) in [5.41, 5.74) is 5.19. The molecule has 5 nitrogen and oxygen atoms in total. The third-order valence-corrected chi connectivity index (χ3v) is 3.87. The molecule has 0 aliphatic carbocycles. The highest BCUT2D eigenvalue weighted by molar-refractivity contribution is 5.81. The number of rotatable bonds is 5. The topological polar surface area (TPSA) is 72.6 Å². The van der Waals surface area contributed by atoms with Crippen LogP contribution < -0.4 is 10.5 Å². The zero-order chi connectivity index (χ0) is 16.1. The van der Waals surface area contributed by atoms with Crippen LogP contribution in [0.4, 0.5) is 4.39 Å². The first-order valence-electron chi connectivity index (χ1n) is 7.45. The Morgan fingerprint density at radius 3 is 2.68 bits per heavy atom. The molecule has 1 aromatic carbocycles. The van der Waals surface area contributed by atoms with E-state index in [0.717, 1.165) is 12.8 Å². The standard InChI is InChI=1S/C16H21FN2O3/c1-11(22-14-4-2-3-13(17)10-14)16(21)19-7-5-12(6-8-19)9-15(18)20/h2-4,10-12H,5-9H2,1H3,(H2,18,20)/t11-/m0/s1. The van der Waals surface area contributed by atoms with Crippen LogP contribution in [0.25, 0.3) is 0 Å². The van der Waals surface area contributed by atoms with Gasteiger partial charge in [-0.15, -0.1) is 0 Å². The second kappa shape index (κ2) is 7.24. The fourth-order valence-electron chi connectivity index (χ4n) is 2.69. The summed E-state index contributed by atoms with van der Waals surface area (Å²) in [5, 5.41) is 0. The van der Waals surface area contributed by atoms with Gasteiger partial charge in [0.2, 0.25) is 5.91 Å². The second-order valence-corrected chi connectivity index (χ2v) is 5.66. The molecule has 120 valence electrons. The van der Waals surface area contributed by atoms with Gasteiger partial charge in [-0.25, -0.2) is 4.39 Å². The van der Waals surface area contributed by atoms with Crippen LogP contribution in [0.3, 0.4) is 0 Å². The summed E-state index contributed by atoms with van der Waals surface area (Å²) in [6.45, 7) is 2.84. The number of nitrogens with zero attached hydrogens (tertiary/aromatic N) is 1. The fourth-order valence-corrected chi connectivity index (χ4v) is 2.69. The largest absolute Gasteiger partial charge is 0.481 e. The number of benzene rings is 1. The molecule has 0 bridgehead atoms. The number of ether oxygens (including phenoxy) is 1. The highest BCUT2D eigenvalue weighted by atomic mass is 19.1. The lowest BCUT2D eigenvalue weighted by Crippen LogP contribution is -2.45. The van der Waals surface area contributed by atoms with Gasteiger partial charge in [0.05, 0.1) is 0 Å². The Balaban J connectivity index is 1.85. The van der Waals surface area contributed by atoms with Crippen molar-refractivity contribution < 1.29 is 18.7 Å². The average Bonchev–Trinajstić information content (AvgIpc) is 2.46. The number of piperidine rings is 1. The number of amides is 2. The Bertz CT molecular complexity index is 542. The van der Waals surface area contributed by atoms with Crippen molar-refractivity contribution in [3.8, 4) is 5.75 Å². The number of halogens is 1. The van der Waals surface area contributed by atoms with Gasteiger partial charge in [0, 0.05) is 25.6 Å². The lowest BCUT2D eigenvalue weighted by molar-refractivity contribution is -0.139. The molecule has 1 heterocycles. The highest BCUT2D eigenvalue weighted by Crippen LogP contribution is 2.21. The first-order chi connectivity index (χ1) is 10.5. The summed E-state index contributed by atoms with van der Waals surface area (Å²) in [5.74, 6) is -0.232. The van der Waals surface area contributed by atoms with E-state index in [0.29, 0.717) is 25.3 Å². The molecule has 1 aliphatic heterocycles. The maximum Gasteiger partial charge on any atom is 0.263 e. The van der Waals surface area contributed by atoms with Gasteiger partial charge < -0.3 is 15.4 Å². The van der Waals surface area contributed by atoms with Crippen LogP contribution in [0.5, 0.6) is 5.75 Å². The third kappa shape index (κ3) is 4.44. The lowest BCUT2D eigenvalue weighted by Gasteiger charge is -2.33. The molecule has 1 saturated heterocycles. The second-order valence-electron chi connectivity index (χ2n) is 5.66. The molecule has 0 saturated carbocycles. The predicted molar refractivity (Wildman–Crippen MR) is 79.6 cm³/mol. The summed E-state index contributed by atoms with van der Waals surface area (Å²) < 4.78 is 18.6. The molecule has 1 atom stereocenters. The summed E-state index contributed by atoms with van der Waals surface area (Å²) in [7, 11) is 0. The van der Waals surface area contributed by atoms with Gasteiger partial charge >= 0.3 is 0 Å². The van der Waals surface area contributed by atoms with E-state index >= 15 is 0 Å². The predicted octanol–water partition coefficient (Wildman–Crippen LogP) is 1.71. The molecule has 1 aromatic rings. The van der Waals surface area contributed by atoms with Crippen molar-refractivity contribution >= 4 is 11.8 Å². The molecular weight excluding hydrogens is 287 g/mol. The zero-order valence-electron chi connectivity index (χ0n) is 12.6. The van der Waals surface area contributed by atoms with E-state index in [9.17, 15) is 14.0 Å². The van der Waals surface area contributed by atoms with Gasteiger partial charge in [-0.2, -0.15) is 0 Å². The van der Waals surface area contributed by atoms with E-state index in [-0.39, 0.29) is 17.7 Å². The maximum absolute atomic E-state index is 13.1. The van der Waals surface area contributed by atoms with Crippen LogP contribution in [-0.2, 0) is 9.59 Å². The highest BCUT2D eigenvalue weighted by Gasteiger charge is 2.27. The van der Waals surface area contributed by atoms with E-state index in [1.807, 2.05) is 0 Å². The molecule has 1 aliphatic rings. The number of carbonyl (C=O) groups is 2. The summed E-state index contributed by atoms with van der Waals surface area (Å²) in [4.78, 5) is 25.0. The molecular formula is C16H21FN2O3. The van der Waals surface area contributed by atoms with E-state index in [2.05, 4.69) is 0 Å². The molecule has 1 fully saturated rings. The number of likely N-dealkylation sites (tertiary alicyclic amines) is 1. The summed E-state index contributed by atoms with van der Waals surface area (Å²) in [6, 6.07) is 5.73. The fraction of sp³-hybridized carbons (Fsp3) is 0.500. The van der Waals surface area contributed by atoms with Gasteiger partial charge in [0.25, 0.3) is 5.91 Å². The number of nitrogens with two attached hydrogens (primary N) is 1. The normalized spacial score (nSPS) is 17.1. The number of carbonyl (C=O) groups excluding carboxylic acids is 2. The minimum absolute atomic E-state index is 0.123. The van der Waals surface area contributed by atoms with Gasteiger partial charge in [0.1, 0.15) is 11.6 Å². The quantitative estimate of drug-likeness (QED) is 0.900. The Labute approximate surface area is 129 Å². The van der Waals surface area contributed by atoms with Crippen molar-refractivity contribution in [1.29, 1.82) is 0 Å². The van der Waals surface area contributed by atoms with Crippen molar-refractivity contribution in [2.24, 2.45) is 11.7 Å². The van der Waals surface area contributed by atoms with Crippen LogP contribution >= 0.6 is 0 Å². The van der Waals surface area contributed by atoms with Crippen molar-refractivity contribution in [2.75, 3.05) is 13.1 Å². The van der Waals surface area contributed by atoms with Crippen LogP contribution in [0, 0.1) is 11.7 Å². The van der Waals surface area contributed by atoms with Crippen LogP contribution in [0.1, 0.15) is 26.2 Å². The first kappa shape index (κ1) is 16.3. The smallest absolute Gasteiger partial charge is 0.263 e. The van der Waals surface area contributed by atoms with E-state index in [1.54, 1.807) is 17.9 Å². The minimum Gasteiger partial charge on any atom is -0.481 e. The number of hydrogen-bond donors (Lipinski definition) is 1. The van der Waals surface area contributed by atoms with Crippen LogP contribution in [0.2, 0.25) is 0 Å². The van der Waals surface area contributed by atoms with E-state index in [1.165, 1.54) is 18.2 Å². The molecule has 6 heteroatoms. The van der Waals surface area contributed by atoms with Crippen molar-refractivity contribution in [2.45, 2.75) is 32.3 Å². The average molecular weight is 308 g/mol. The number of hydrogen-bond acceptors (Lipinski definition) is 3. The van der Waals surface area contributed by atoms with Gasteiger partial charge in [-0.1, -0.05) is 6.07 Å². The van der Waals surface area contributed by atoms with Gasteiger partial charge in [-0.05, 0) is 37.8 Å². The molecule has 0 unspecified atom stereocenters. The monoisotopic (exact) mass is 308 g/mol. The van der Waals surface area contributed by atoms with Crippen LogP contribution in [0.15, 0.2) is 24.3 Å². The minimum atomic E-state index is -0.672. The zero-order valence-corrected chi connectivity index (χ0v) is 12.6. The Hall–Kier alpha value is -2.11. The summed E-state index contributed by atoms with van der Waals surface area (Å²) in [6.07, 6.45) is 1.23. The Morgan fingerprint density at radius 1 is 1.41 bits per heavy atom. The molecule has 22 heavy (non-hydrogen) atoms. The molecule has 0 radical (unpaired) electrons. The van der Waals surface area contributed by atoms with Crippen molar-refractivity contribution in [3.05, 3.63) is 30.1 Å². The lowest BCUT2D eigenvalue weighted by atomic mass is 9.93. The number of primary amides is 1. The van der Waals surface area contributed by atoms with Crippen LogP contribution in [-0.4, -0.2) is 35.9 Å². The Morgan fingerprint density at radius 2 is 2.09 bits per heavy atom. The van der Waals surface area contributed by atoms with Crippen molar-refractivity contribution in [3.63, 3.8) is 0 Å². The summed E-state index contributed by atoms with van der Waals surface area (Å²) >= 11 is 0. The Kier molecular flexibility index (Phi) is 5.35. The molecule has 0 aromatic heterocycles. The third-order valence-electron chi connectivity index (χ3n) is 3.87. The van der Waals surface area contributed by atoms with Gasteiger partial charge in [-0.3, -0.25) is 9.59 Å². The molecule has 2 amide bonds. The van der Waals surface area contributed by atoms with E-state index in [4.69, 9.17) is 10.5 Å². The molecule has 2 N–H and O–H groups in total. The van der Waals surface area contributed by atoms with Gasteiger partial charge in [0.15, 0.2) is 6.10 Å².